The molecule has 2 rings (SSSR count). The molecular weight excluding hydrogens is 276 g/mol. The van der Waals surface area contributed by atoms with Crippen molar-refractivity contribution in [3.8, 4) is 0 Å². The second kappa shape index (κ2) is 4.84. The van der Waals surface area contributed by atoms with Crippen LogP contribution in [0.5, 0.6) is 0 Å². The molecule has 1 fully saturated rings. The van der Waals surface area contributed by atoms with Gasteiger partial charge in [0.25, 0.3) is 0 Å². The van der Waals surface area contributed by atoms with Crippen LogP contribution < -0.4 is 0 Å². The normalized spacial score (nSPS) is 27.7. The lowest BCUT2D eigenvalue weighted by molar-refractivity contribution is -0.141. The highest BCUT2D eigenvalue weighted by Gasteiger charge is 2.45. The van der Waals surface area contributed by atoms with Crippen LogP contribution in [0, 0.1) is 5.82 Å². The Labute approximate surface area is 113 Å². The minimum absolute atomic E-state index is 0.223. The number of hydrogen-bond donors (Lipinski definition) is 1. The van der Waals surface area contributed by atoms with Crippen molar-refractivity contribution in [1.82, 2.24) is 0 Å². The first kappa shape index (κ1) is 15.0. The third-order valence-corrected chi connectivity index (χ3v) is 3.90. The summed E-state index contributed by atoms with van der Waals surface area (Å²) >= 11 is 0. The number of aliphatic hydroxyl groups excluding tert-OH is 1. The Morgan fingerprint density at radius 1 is 1.35 bits per heavy atom. The summed E-state index contributed by atoms with van der Waals surface area (Å²) in [5.74, 6) is -2.05. The maximum absolute atomic E-state index is 14.1. The Morgan fingerprint density at radius 3 is 2.60 bits per heavy atom. The number of benzene rings is 1. The first-order valence-electron chi connectivity index (χ1n) is 6.26. The van der Waals surface area contributed by atoms with Gasteiger partial charge in [-0.2, -0.15) is 13.2 Å². The predicted molar refractivity (Wildman–Crippen MR) is 63.6 cm³/mol. The summed E-state index contributed by atoms with van der Waals surface area (Å²) in [6.07, 6.45) is -5.12. The molecule has 0 aromatic heterocycles. The lowest BCUT2D eigenvalue weighted by Gasteiger charge is -2.35. The molecule has 20 heavy (non-hydrogen) atoms. The molecule has 1 aromatic rings. The van der Waals surface area contributed by atoms with Gasteiger partial charge >= 0.3 is 6.18 Å². The van der Waals surface area contributed by atoms with Gasteiger partial charge in [-0.1, -0.05) is 12.1 Å². The number of alkyl halides is 3. The minimum atomic E-state index is -4.81. The molecule has 1 aliphatic carbocycles. The number of carbonyl (C=O) groups excluding carboxylic acids is 1. The van der Waals surface area contributed by atoms with E-state index in [0.717, 1.165) is 6.07 Å². The molecule has 110 valence electrons. The number of carbonyl (C=O) groups is 1. The molecule has 0 amide bonds. The largest absolute Gasteiger partial charge is 0.419 e. The van der Waals surface area contributed by atoms with E-state index in [1.54, 1.807) is 0 Å². The topological polar surface area (TPSA) is 37.3 Å². The fraction of sp³-hybridized carbons (Fsp3) is 0.500. The Balaban J connectivity index is 2.55. The van der Waals surface area contributed by atoms with Gasteiger partial charge < -0.3 is 5.11 Å². The molecule has 2 unspecified atom stereocenters. The summed E-state index contributed by atoms with van der Waals surface area (Å²) in [6, 6.07) is 2.91. The van der Waals surface area contributed by atoms with E-state index in [1.165, 1.54) is 13.0 Å². The summed E-state index contributed by atoms with van der Waals surface area (Å²) in [4.78, 5) is 12.1. The average molecular weight is 290 g/mol. The Bertz CT molecular complexity index is 538. The van der Waals surface area contributed by atoms with Crippen molar-refractivity contribution in [3.05, 3.63) is 35.1 Å². The Hall–Kier alpha value is -1.43. The van der Waals surface area contributed by atoms with Gasteiger partial charge in [-0.15, -0.1) is 0 Å². The zero-order chi connectivity index (χ0) is 15.1. The van der Waals surface area contributed by atoms with E-state index in [9.17, 15) is 27.5 Å². The van der Waals surface area contributed by atoms with E-state index in [4.69, 9.17) is 0 Å². The molecule has 6 heteroatoms. The van der Waals surface area contributed by atoms with Crippen LogP contribution in [0.3, 0.4) is 0 Å². The molecule has 0 bridgehead atoms. The predicted octanol–water partition coefficient (Wildman–Crippen LogP) is 3.22. The van der Waals surface area contributed by atoms with Crippen LogP contribution >= 0.6 is 0 Å². The zero-order valence-electron chi connectivity index (χ0n) is 10.8. The highest BCUT2D eigenvalue weighted by Crippen LogP contribution is 2.41. The van der Waals surface area contributed by atoms with E-state index in [-0.39, 0.29) is 18.4 Å². The average Bonchev–Trinajstić information content (AvgIpc) is 2.34. The molecule has 0 heterocycles. The van der Waals surface area contributed by atoms with Crippen LogP contribution in [-0.2, 0) is 16.4 Å². The lowest BCUT2D eigenvalue weighted by Crippen LogP contribution is -2.44. The fourth-order valence-corrected chi connectivity index (χ4v) is 2.72. The van der Waals surface area contributed by atoms with Crippen molar-refractivity contribution in [2.45, 2.75) is 43.9 Å². The van der Waals surface area contributed by atoms with Gasteiger partial charge in [0.1, 0.15) is 11.9 Å². The summed E-state index contributed by atoms with van der Waals surface area (Å²) < 4.78 is 52.3. The number of rotatable bonds is 1. The van der Waals surface area contributed by atoms with E-state index >= 15 is 0 Å². The lowest BCUT2D eigenvalue weighted by atomic mass is 9.68. The Morgan fingerprint density at radius 2 is 2.00 bits per heavy atom. The molecule has 2 atom stereocenters. The van der Waals surface area contributed by atoms with E-state index in [1.807, 2.05) is 0 Å². The maximum Gasteiger partial charge on any atom is 0.419 e. The third-order valence-electron chi connectivity index (χ3n) is 3.90. The van der Waals surface area contributed by atoms with E-state index < -0.39 is 34.9 Å². The quantitative estimate of drug-likeness (QED) is 0.806. The zero-order valence-corrected chi connectivity index (χ0v) is 10.8. The van der Waals surface area contributed by atoms with Gasteiger partial charge in [-0.25, -0.2) is 4.39 Å². The van der Waals surface area contributed by atoms with Gasteiger partial charge in [0.05, 0.1) is 11.0 Å². The SMILES string of the molecule is CC1(c2cccc(C(F)(F)F)c2F)CCCC(O)C1=O. The first-order valence-corrected chi connectivity index (χ1v) is 6.26. The van der Waals surface area contributed by atoms with Crippen molar-refractivity contribution >= 4 is 5.78 Å². The standard InChI is InChI=1S/C14H14F4O2/c1-13(7-3-6-10(19)12(13)20)8-4-2-5-9(11(8)15)14(16,17)18/h2,4-5,10,19H,3,6-7H2,1H3. The van der Waals surface area contributed by atoms with Crippen molar-refractivity contribution < 1.29 is 27.5 Å². The van der Waals surface area contributed by atoms with Gasteiger partial charge in [-0.05, 0) is 32.3 Å². The van der Waals surface area contributed by atoms with Crippen molar-refractivity contribution in [1.29, 1.82) is 0 Å². The van der Waals surface area contributed by atoms with Crippen LogP contribution in [0.1, 0.15) is 37.3 Å². The smallest absolute Gasteiger partial charge is 0.385 e. The number of ketones is 1. The van der Waals surface area contributed by atoms with Gasteiger partial charge in [0.15, 0.2) is 5.78 Å². The van der Waals surface area contributed by atoms with Crippen LogP contribution in [0.25, 0.3) is 0 Å². The number of aliphatic hydroxyl groups is 1. The summed E-state index contributed by atoms with van der Waals surface area (Å²) in [5, 5.41) is 9.60. The van der Waals surface area contributed by atoms with Crippen LogP contribution in [0.2, 0.25) is 0 Å². The van der Waals surface area contributed by atoms with Gasteiger partial charge in [0, 0.05) is 5.56 Å². The maximum atomic E-state index is 14.1. The molecule has 0 spiro atoms. The van der Waals surface area contributed by atoms with Crippen LogP contribution in [0.4, 0.5) is 17.6 Å². The summed E-state index contributed by atoms with van der Waals surface area (Å²) in [6.45, 7) is 1.39. The van der Waals surface area contributed by atoms with Crippen LogP contribution in [-0.4, -0.2) is 17.0 Å². The third kappa shape index (κ3) is 2.32. The molecule has 0 radical (unpaired) electrons. The Kier molecular flexibility index (Phi) is 3.62. The van der Waals surface area contributed by atoms with Gasteiger partial charge in [-0.3, -0.25) is 4.79 Å². The second-order valence-electron chi connectivity index (χ2n) is 5.27. The van der Waals surface area contributed by atoms with Gasteiger partial charge in [0.2, 0.25) is 0 Å². The van der Waals surface area contributed by atoms with E-state index in [2.05, 4.69) is 0 Å². The fourth-order valence-electron chi connectivity index (χ4n) is 2.72. The van der Waals surface area contributed by atoms with Crippen LogP contribution in [0.15, 0.2) is 18.2 Å². The highest BCUT2D eigenvalue weighted by molar-refractivity contribution is 5.94. The molecule has 0 aliphatic heterocycles. The summed E-state index contributed by atoms with van der Waals surface area (Å²) in [5.41, 5.74) is -3.09. The molecule has 0 saturated heterocycles. The summed E-state index contributed by atoms with van der Waals surface area (Å²) in [7, 11) is 0. The monoisotopic (exact) mass is 290 g/mol. The molecule has 1 aliphatic rings. The molecule has 1 N–H and O–H groups in total. The first-order chi connectivity index (χ1) is 9.18. The second-order valence-corrected chi connectivity index (χ2v) is 5.27. The molecule has 1 aromatic carbocycles. The number of Topliss-reactive ketones (excluding diaryl/α,β-unsaturated/α-hetero) is 1. The minimum Gasteiger partial charge on any atom is -0.385 e. The molecule has 1 saturated carbocycles. The van der Waals surface area contributed by atoms with Crippen molar-refractivity contribution in [2.24, 2.45) is 0 Å². The molecule has 2 nitrogen and oxygen atoms in total. The van der Waals surface area contributed by atoms with Crippen molar-refractivity contribution in [3.63, 3.8) is 0 Å². The molecular formula is C14H14F4O2. The highest BCUT2D eigenvalue weighted by atomic mass is 19.4. The van der Waals surface area contributed by atoms with Crippen molar-refractivity contribution in [2.75, 3.05) is 0 Å². The number of hydrogen-bond acceptors (Lipinski definition) is 2. The van der Waals surface area contributed by atoms with E-state index in [0.29, 0.717) is 12.5 Å². The number of halogens is 4.